The molecule has 1 aliphatic heterocycles. The van der Waals surface area contributed by atoms with E-state index in [-0.39, 0.29) is 0 Å². The first kappa shape index (κ1) is 14.0. The third kappa shape index (κ3) is 5.86. The minimum Gasteiger partial charge on any atom is -0.377 e. The zero-order chi connectivity index (χ0) is 11.6. The average Bonchev–Trinajstić information content (AvgIpc) is 2.73. The fourth-order valence-corrected chi connectivity index (χ4v) is 2.32. The van der Waals surface area contributed by atoms with E-state index in [4.69, 9.17) is 4.74 Å². The van der Waals surface area contributed by atoms with Gasteiger partial charge in [0.2, 0.25) is 0 Å². The molecule has 16 heavy (non-hydrogen) atoms. The van der Waals surface area contributed by atoms with Crippen molar-refractivity contribution in [2.24, 2.45) is 0 Å². The molecule has 1 fully saturated rings. The van der Waals surface area contributed by atoms with Gasteiger partial charge in [-0.05, 0) is 25.8 Å². The minimum atomic E-state index is 0.526. The van der Waals surface area contributed by atoms with Crippen LogP contribution in [0.2, 0.25) is 0 Å². The van der Waals surface area contributed by atoms with Gasteiger partial charge in [-0.3, -0.25) is 0 Å². The number of rotatable bonds is 9. The quantitative estimate of drug-likeness (QED) is 0.559. The number of ether oxygens (including phenoxy) is 1. The molecule has 0 N–H and O–H groups in total. The van der Waals surface area contributed by atoms with Crippen LogP contribution in [0.3, 0.4) is 0 Å². The summed E-state index contributed by atoms with van der Waals surface area (Å²) >= 11 is 0. The SMILES string of the molecule is CCCCCOC1CCN(CCCCC)C1. The van der Waals surface area contributed by atoms with Crippen LogP contribution >= 0.6 is 0 Å². The van der Waals surface area contributed by atoms with E-state index in [1.807, 2.05) is 0 Å². The Kier molecular flexibility index (Phi) is 7.87. The van der Waals surface area contributed by atoms with Crippen molar-refractivity contribution in [1.29, 1.82) is 0 Å². The molecule has 1 rings (SSSR count). The molecule has 0 spiro atoms. The van der Waals surface area contributed by atoms with Crippen molar-refractivity contribution in [2.75, 3.05) is 26.2 Å². The summed E-state index contributed by atoms with van der Waals surface area (Å²) in [5, 5.41) is 0. The molecule has 0 bridgehead atoms. The Balaban J connectivity index is 1.97. The molecule has 1 heterocycles. The lowest BCUT2D eigenvalue weighted by Crippen LogP contribution is -2.24. The highest BCUT2D eigenvalue weighted by Gasteiger charge is 2.21. The van der Waals surface area contributed by atoms with Gasteiger partial charge in [0.15, 0.2) is 0 Å². The Morgan fingerprint density at radius 2 is 1.81 bits per heavy atom. The van der Waals surface area contributed by atoms with Crippen molar-refractivity contribution in [2.45, 2.75) is 64.9 Å². The van der Waals surface area contributed by atoms with E-state index in [2.05, 4.69) is 18.7 Å². The lowest BCUT2D eigenvalue weighted by atomic mass is 10.2. The van der Waals surface area contributed by atoms with E-state index >= 15 is 0 Å². The molecule has 0 aliphatic carbocycles. The molecule has 0 amide bonds. The molecule has 0 aromatic carbocycles. The molecule has 96 valence electrons. The second-order valence-corrected chi connectivity index (χ2v) is 5.00. The van der Waals surface area contributed by atoms with Crippen molar-refractivity contribution in [3.8, 4) is 0 Å². The van der Waals surface area contributed by atoms with Crippen molar-refractivity contribution in [3.05, 3.63) is 0 Å². The van der Waals surface area contributed by atoms with Gasteiger partial charge in [-0.25, -0.2) is 0 Å². The third-order valence-corrected chi connectivity index (χ3v) is 3.41. The summed E-state index contributed by atoms with van der Waals surface area (Å²) in [5.41, 5.74) is 0. The molecule has 0 aromatic rings. The topological polar surface area (TPSA) is 12.5 Å². The average molecular weight is 227 g/mol. The predicted octanol–water partition coefficient (Wildman–Crippen LogP) is 3.46. The van der Waals surface area contributed by atoms with Crippen LogP contribution in [0.25, 0.3) is 0 Å². The Morgan fingerprint density at radius 1 is 1.06 bits per heavy atom. The zero-order valence-electron chi connectivity index (χ0n) is 11.2. The highest BCUT2D eigenvalue weighted by molar-refractivity contribution is 4.75. The normalized spacial score (nSPS) is 21.8. The molecule has 1 atom stereocenters. The van der Waals surface area contributed by atoms with Crippen LogP contribution in [0.4, 0.5) is 0 Å². The maximum absolute atomic E-state index is 5.90. The van der Waals surface area contributed by atoms with Gasteiger partial charge in [-0.1, -0.05) is 39.5 Å². The van der Waals surface area contributed by atoms with Crippen molar-refractivity contribution in [1.82, 2.24) is 4.90 Å². The van der Waals surface area contributed by atoms with Crippen LogP contribution in [-0.4, -0.2) is 37.2 Å². The Morgan fingerprint density at radius 3 is 2.56 bits per heavy atom. The van der Waals surface area contributed by atoms with Crippen LogP contribution in [-0.2, 0) is 4.74 Å². The van der Waals surface area contributed by atoms with Gasteiger partial charge in [0.05, 0.1) is 6.10 Å². The maximum Gasteiger partial charge on any atom is 0.0714 e. The van der Waals surface area contributed by atoms with Crippen LogP contribution in [0, 0.1) is 0 Å². The third-order valence-electron chi connectivity index (χ3n) is 3.41. The van der Waals surface area contributed by atoms with Crippen LogP contribution in [0.15, 0.2) is 0 Å². The smallest absolute Gasteiger partial charge is 0.0714 e. The molecule has 1 saturated heterocycles. The second kappa shape index (κ2) is 9.00. The highest BCUT2D eigenvalue weighted by Crippen LogP contribution is 2.14. The van der Waals surface area contributed by atoms with Gasteiger partial charge in [0.25, 0.3) is 0 Å². The fourth-order valence-electron chi connectivity index (χ4n) is 2.32. The number of hydrogen-bond donors (Lipinski definition) is 0. The monoisotopic (exact) mass is 227 g/mol. The first-order chi connectivity index (χ1) is 7.86. The number of hydrogen-bond acceptors (Lipinski definition) is 2. The predicted molar refractivity (Wildman–Crippen MR) is 69.8 cm³/mol. The van der Waals surface area contributed by atoms with Gasteiger partial charge in [-0.2, -0.15) is 0 Å². The molecule has 2 nitrogen and oxygen atoms in total. The van der Waals surface area contributed by atoms with Gasteiger partial charge in [0, 0.05) is 19.7 Å². The number of unbranched alkanes of at least 4 members (excludes halogenated alkanes) is 4. The molecule has 0 aromatic heterocycles. The van der Waals surface area contributed by atoms with Gasteiger partial charge in [-0.15, -0.1) is 0 Å². The van der Waals surface area contributed by atoms with Gasteiger partial charge in [0.1, 0.15) is 0 Å². The minimum absolute atomic E-state index is 0.526. The van der Waals surface area contributed by atoms with Gasteiger partial charge < -0.3 is 9.64 Å². The Bertz CT molecular complexity index is 161. The molecular formula is C14H29NO. The number of likely N-dealkylation sites (tertiary alicyclic amines) is 1. The summed E-state index contributed by atoms with van der Waals surface area (Å²) in [6.45, 7) is 9.19. The standard InChI is InChI=1S/C14H29NO/c1-3-5-7-10-15-11-9-14(13-15)16-12-8-6-4-2/h14H,3-13H2,1-2H3. The summed E-state index contributed by atoms with van der Waals surface area (Å²) in [7, 11) is 0. The van der Waals surface area contributed by atoms with E-state index in [9.17, 15) is 0 Å². The maximum atomic E-state index is 5.90. The van der Waals surface area contributed by atoms with Crippen molar-refractivity contribution in [3.63, 3.8) is 0 Å². The number of nitrogens with zero attached hydrogens (tertiary/aromatic N) is 1. The highest BCUT2D eigenvalue weighted by atomic mass is 16.5. The molecule has 1 aliphatic rings. The lowest BCUT2D eigenvalue weighted by Gasteiger charge is -2.15. The molecule has 0 radical (unpaired) electrons. The zero-order valence-corrected chi connectivity index (χ0v) is 11.2. The first-order valence-corrected chi connectivity index (χ1v) is 7.20. The largest absolute Gasteiger partial charge is 0.377 e. The van der Waals surface area contributed by atoms with E-state index in [0.29, 0.717) is 6.10 Å². The van der Waals surface area contributed by atoms with Crippen LogP contribution < -0.4 is 0 Å². The van der Waals surface area contributed by atoms with Crippen molar-refractivity contribution < 1.29 is 4.74 Å². The Hall–Kier alpha value is -0.0800. The Labute approximate surface area is 101 Å². The van der Waals surface area contributed by atoms with Crippen LogP contribution in [0.5, 0.6) is 0 Å². The van der Waals surface area contributed by atoms with E-state index in [1.165, 1.54) is 64.6 Å². The second-order valence-electron chi connectivity index (χ2n) is 5.00. The summed E-state index contributed by atoms with van der Waals surface area (Å²) in [6, 6.07) is 0. The summed E-state index contributed by atoms with van der Waals surface area (Å²) < 4.78 is 5.90. The molecular weight excluding hydrogens is 198 g/mol. The summed E-state index contributed by atoms with van der Waals surface area (Å²) in [6.07, 6.45) is 9.67. The summed E-state index contributed by atoms with van der Waals surface area (Å²) in [5.74, 6) is 0. The first-order valence-electron chi connectivity index (χ1n) is 7.20. The van der Waals surface area contributed by atoms with Crippen LogP contribution in [0.1, 0.15) is 58.8 Å². The van der Waals surface area contributed by atoms with Gasteiger partial charge >= 0.3 is 0 Å². The molecule has 0 saturated carbocycles. The van der Waals surface area contributed by atoms with Crippen molar-refractivity contribution >= 4 is 0 Å². The fraction of sp³-hybridized carbons (Fsp3) is 1.00. The lowest BCUT2D eigenvalue weighted by molar-refractivity contribution is 0.0565. The molecule has 1 unspecified atom stereocenters. The van der Waals surface area contributed by atoms with E-state index in [1.54, 1.807) is 0 Å². The summed E-state index contributed by atoms with van der Waals surface area (Å²) in [4.78, 5) is 2.57. The van der Waals surface area contributed by atoms with E-state index < -0.39 is 0 Å². The molecule has 2 heteroatoms. The van der Waals surface area contributed by atoms with E-state index in [0.717, 1.165) is 6.61 Å².